The van der Waals surface area contributed by atoms with Crippen LogP contribution in [0.25, 0.3) is 0 Å². The summed E-state index contributed by atoms with van der Waals surface area (Å²) in [5, 5.41) is 0. The molecule has 0 bridgehead atoms. The van der Waals surface area contributed by atoms with Crippen molar-refractivity contribution < 1.29 is 22.3 Å². The summed E-state index contributed by atoms with van der Waals surface area (Å²) in [5.74, 6) is -0.532. The molecule has 2 rings (SSSR count). The van der Waals surface area contributed by atoms with E-state index in [2.05, 4.69) is 0 Å². The van der Waals surface area contributed by atoms with Crippen LogP contribution in [0.3, 0.4) is 0 Å². The van der Waals surface area contributed by atoms with E-state index >= 15 is 0 Å². The third kappa shape index (κ3) is 4.84. The van der Waals surface area contributed by atoms with Gasteiger partial charge in [0.15, 0.2) is 0 Å². The first kappa shape index (κ1) is 20.4. The molecule has 0 aliphatic rings. The second kappa shape index (κ2) is 8.66. The Kier molecular flexibility index (Phi) is 6.80. The van der Waals surface area contributed by atoms with Gasteiger partial charge in [-0.15, -0.1) is 11.8 Å². The van der Waals surface area contributed by atoms with Crippen LogP contribution in [-0.4, -0.2) is 45.1 Å². The Labute approximate surface area is 157 Å². The van der Waals surface area contributed by atoms with Gasteiger partial charge < -0.3 is 4.74 Å². The van der Waals surface area contributed by atoms with Crippen LogP contribution in [0.2, 0.25) is 0 Å². The molecule has 0 radical (unpaired) electrons. The number of nitrogens with zero attached hydrogens (tertiary/aromatic N) is 1. The molecule has 0 heterocycles. The van der Waals surface area contributed by atoms with Gasteiger partial charge in [0.25, 0.3) is 0 Å². The first-order valence-electron chi connectivity index (χ1n) is 7.81. The van der Waals surface area contributed by atoms with Crippen LogP contribution in [0.1, 0.15) is 15.9 Å². The zero-order chi connectivity index (χ0) is 19.3. The lowest BCUT2D eigenvalue weighted by atomic mass is 10.1. The van der Waals surface area contributed by atoms with Gasteiger partial charge in [0.05, 0.1) is 10.5 Å². The van der Waals surface area contributed by atoms with Crippen molar-refractivity contribution in [1.29, 1.82) is 0 Å². The summed E-state index contributed by atoms with van der Waals surface area (Å²) in [6.07, 6.45) is 0. The highest BCUT2D eigenvalue weighted by molar-refractivity contribution is 7.99. The quantitative estimate of drug-likeness (QED) is 0.407. The van der Waals surface area contributed by atoms with E-state index in [0.717, 1.165) is 4.31 Å². The third-order valence-corrected chi connectivity index (χ3v) is 6.44. The number of ether oxygens (including phenoxy) is 1. The summed E-state index contributed by atoms with van der Waals surface area (Å²) < 4.78 is 44.2. The van der Waals surface area contributed by atoms with E-state index in [1.807, 2.05) is 0 Å². The van der Waals surface area contributed by atoms with Crippen molar-refractivity contribution in [2.75, 3.05) is 26.5 Å². The molecule has 0 N–H and O–H groups in total. The highest BCUT2D eigenvalue weighted by Crippen LogP contribution is 2.22. The fourth-order valence-corrected chi connectivity index (χ4v) is 3.81. The fraction of sp³-hybridized carbons (Fsp3) is 0.278. The first-order chi connectivity index (χ1) is 12.2. The molecule has 2 aromatic rings. The normalized spacial score (nSPS) is 11.6. The fourth-order valence-electron chi connectivity index (χ4n) is 2.12. The summed E-state index contributed by atoms with van der Waals surface area (Å²) >= 11 is 1.24. The molecule has 0 fully saturated rings. The molecule has 2 aromatic carbocycles. The minimum atomic E-state index is -3.64. The minimum absolute atomic E-state index is 0.0285. The maximum atomic E-state index is 13.5. The molecule has 0 amide bonds. The molecule has 140 valence electrons. The number of aryl methyl sites for hydroxylation is 1. The number of halogens is 1. The number of hydrogen-bond donors (Lipinski definition) is 0. The highest BCUT2D eigenvalue weighted by atomic mass is 32.2. The predicted octanol–water partition coefficient (Wildman–Crippen LogP) is 3.33. The first-order valence-corrected chi connectivity index (χ1v) is 10.2. The Balaban J connectivity index is 2.02. The van der Waals surface area contributed by atoms with Crippen molar-refractivity contribution in [1.82, 2.24) is 4.31 Å². The third-order valence-electron chi connectivity index (χ3n) is 3.62. The monoisotopic (exact) mass is 397 g/mol. The number of carbonyl (C=O) groups excluding carboxylic acids is 1. The Morgan fingerprint density at radius 3 is 2.54 bits per heavy atom. The molecule has 0 saturated carbocycles. The van der Waals surface area contributed by atoms with Crippen LogP contribution in [0.5, 0.6) is 0 Å². The van der Waals surface area contributed by atoms with Crippen molar-refractivity contribution in [2.45, 2.75) is 16.7 Å². The lowest BCUT2D eigenvalue weighted by molar-refractivity contribution is 0.0529. The van der Waals surface area contributed by atoms with Crippen LogP contribution in [-0.2, 0) is 14.8 Å². The van der Waals surface area contributed by atoms with E-state index in [0.29, 0.717) is 16.2 Å². The summed E-state index contributed by atoms with van der Waals surface area (Å²) in [5.41, 5.74) is 0.818. The van der Waals surface area contributed by atoms with Crippen molar-refractivity contribution in [2.24, 2.45) is 0 Å². The maximum Gasteiger partial charge on any atom is 0.338 e. The summed E-state index contributed by atoms with van der Waals surface area (Å²) in [4.78, 5) is 12.8. The summed E-state index contributed by atoms with van der Waals surface area (Å²) in [6, 6.07) is 10.7. The second-order valence-electron chi connectivity index (χ2n) is 5.68. The smallest absolute Gasteiger partial charge is 0.338 e. The largest absolute Gasteiger partial charge is 0.461 e. The number of esters is 1. The molecule has 5 nitrogen and oxygen atoms in total. The minimum Gasteiger partial charge on any atom is -0.461 e. The molecule has 0 aliphatic carbocycles. The molecule has 8 heteroatoms. The Hall–Kier alpha value is -1.90. The van der Waals surface area contributed by atoms with Crippen LogP contribution in [0.15, 0.2) is 52.3 Å². The van der Waals surface area contributed by atoms with Gasteiger partial charge in [0.1, 0.15) is 12.4 Å². The molecular weight excluding hydrogens is 377 g/mol. The lowest BCUT2D eigenvalue weighted by Gasteiger charge is -2.13. The van der Waals surface area contributed by atoms with Gasteiger partial charge >= 0.3 is 5.97 Å². The Bertz CT molecular complexity index is 898. The number of rotatable bonds is 7. The average molecular weight is 397 g/mol. The van der Waals surface area contributed by atoms with Crippen LogP contribution in [0.4, 0.5) is 4.39 Å². The SMILES string of the molecule is Cc1ccc(S(=O)(=O)N(C)C)cc1C(=O)OCCSc1ccccc1F. The summed E-state index contributed by atoms with van der Waals surface area (Å²) in [7, 11) is -0.788. The highest BCUT2D eigenvalue weighted by Gasteiger charge is 2.20. The van der Waals surface area contributed by atoms with Gasteiger partial charge in [0, 0.05) is 24.7 Å². The molecule has 0 saturated heterocycles. The molecule has 0 aromatic heterocycles. The van der Waals surface area contributed by atoms with Crippen LogP contribution < -0.4 is 0 Å². The van der Waals surface area contributed by atoms with Crippen LogP contribution >= 0.6 is 11.8 Å². The second-order valence-corrected chi connectivity index (χ2v) is 8.97. The van der Waals surface area contributed by atoms with Crippen molar-refractivity contribution in [3.63, 3.8) is 0 Å². The van der Waals surface area contributed by atoms with E-state index in [1.54, 1.807) is 31.2 Å². The molecule has 0 aliphatic heterocycles. The predicted molar refractivity (Wildman–Crippen MR) is 99.5 cm³/mol. The van der Waals surface area contributed by atoms with E-state index in [-0.39, 0.29) is 22.9 Å². The van der Waals surface area contributed by atoms with Crippen molar-refractivity contribution >= 4 is 27.8 Å². The zero-order valence-electron chi connectivity index (χ0n) is 14.7. The van der Waals surface area contributed by atoms with Gasteiger partial charge in [0.2, 0.25) is 10.0 Å². The van der Waals surface area contributed by atoms with Gasteiger partial charge in [-0.1, -0.05) is 18.2 Å². The van der Waals surface area contributed by atoms with E-state index in [4.69, 9.17) is 4.74 Å². The van der Waals surface area contributed by atoms with Crippen molar-refractivity contribution in [3.05, 3.63) is 59.4 Å². The van der Waals surface area contributed by atoms with E-state index in [9.17, 15) is 17.6 Å². The molecule has 26 heavy (non-hydrogen) atoms. The van der Waals surface area contributed by atoms with Gasteiger partial charge in [-0.05, 0) is 36.8 Å². The number of sulfonamides is 1. The lowest BCUT2D eigenvalue weighted by Crippen LogP contribution is -2.22. The maximum absolute atomic E-state index is 13.5. The number of hydrogen-bond acceptors (Lipinski definition) is 5. The molecular formula is C18H20FNO4S2. The molecule has 0 spiro atoms. The topological polar surface area (TPSA) is 63.7 Å². The Morgan fingerprint density at radius 2 is 1.88 bits per heavy atom. The number of thioether (sulfide) groups is 1. The molecule has 0 atom stereocenters. The van der Waals surface area contributed by atoms with E-state index < -0.39 is 16.0 Å². The standard InChI is InChI=1S/C18H20FNO4S2/c1-13-8-9-14(26(22,23)20(2)3)12-15(13)18(21)24-10-11-25-17-7-5-4-6-16(17)19/h4-9,12H,10-11H2,1-3H3. The summed E-state index contributed by atoms with van der Waals surface area (Å²) in [6.45, 7) is 1.79. The zero-order valence-corrected chi connectivity index (χ0v) is 16.4. The number of carbonyl (C=O) groups is 1. The van der Waals surface area contributed by atoms with Crippen molar-refractivity contribution in [3.8, 4) is 0 Å². The molecule has 0 unspecified atom stereocenters. The van der Waals surface area contributed by atoms with Gasteiger partial charge in [-0.2, -0.15) is 0 Å². The van der Waals surface area contributed by atoms with Gasteiger partial charge in [-0.3, -0.25) is 0 Å². The van der Waals surface area contributed by atoms with Crippen LogP contribution in [0, 0.1) is 12.7 Å². The van der Waals surface area contributed by atoms with Gasteiger partial charge in [-0.25, -0.2) is 21.9 Å². The number of benzene rings is 2. The average Bonchev–Trinajstić information content (AvgIpc) is 2.60. The van der Waals surface area contributed by atoms with E-state index in [1.165, 1.54) is 44.1 Å². The Morgan fingerprint density at radius 1 is 1.19 bits per heavy atom.